The van der Waals surface area contributed by atoms with Crippen LogP contribution in [0.2, 0.25) is 0 Å². The van der Waals surface area contributed by atoms with Gasteiger partial charge in [-0.2, -0.15) is 0 Å². The van der Waals surface area contributed by atoms with Gasteiger partial charge in [0.15, 0.2) is 0 Å². The molecule has 1 heterocycles. The van der Waals surface area contributed by atoms with E-state index in [2.05, 4.69) is 5.32 Å². The van der Waals surface area contributed by atoms with Crippen molar-refractivity contribution in [2.75, 3.05) is 19.7 Å². The van der Waals surface area contributed by atoms with Crippen LogP contribution in [-0.4, -0.2) is 47.7 Å². The lowest BCUT2D eigenvalue weighted by atomic mass is 10.2. The van der Waals surface area contributed by atoms with Crippen LogP contribution in [-0.2, 0) is 16.1 Å². The topological polar surface area (TPSA) is 78.9 Å². The fraction of sp³-hybridized carbons (Fsp3) is 0.385. The zero-order valence-electron chi connectivity index (χ0n) is 10.4. The van der Waals surface area contributed by atoms with Crippen LogP contribution in [0.3, 0.4) is 0 Å². The highest BCUT2D eigenvalue weighted by molar-refractivity contribution is 5.86. The average Bonchev–Trinajstić information content (AvgIpc) is 2.45. The van der Waals surface area contributed by atoms with E-state index in [4.69, 9.17) is 9.84 Å². The fourth-order valence-electron chi connectivity index (χ4n) is 1.92. The number of benzene rings is 1. The normalized spacial score (nSPS) is 18.9. The fourth-order valence-corrected chi connectivity index (χ4v) is 1.92. The molecular weight excluding hydrogens is 248 g/mol. The van der Waals surface area contributed by atoms with Crippen molar-refractivity contribution in [2.45, 2.75) is 12.6 Å². The van der Waals surface area contributed by atoms with Gasteiger partial charge in [0, 0.05) is 13.1 Å². The van der Waals surface area contributed by atoms with Crippen LogP contribution in [0.4, 0.5) is 4.79 Å². The number of ether oxygens (including phenoxy) is 1. The Morgan fingerprint density at radius 1 is 1.42 bits per heavy atom. The summed E-state index contributed by atoms with van der Waals surface area (Å²) in [6, 6.07) is 8.42. The van der Waals surface area contributed by atoms with Gasteiger partial charge in [0.05, 0.1) is 6.61 Å². The molecule has 1 aromatic rings. The van der Waals surface area contributed by atoms with E-state index < -0.39 is 18.7 Å². The molecule has 19 heavy (non-hydrogen) atoms. The maximum Gasteiger partial charge on any atom is 0.410 e. The zero-order valence-corrected chi connectivity index (χ0v) is 10.4. The molecular formula is C13H16N2O4. The molecule has 6 nitrogen and oxygen atoms in total. The summed E-state index contributed by atoms with van der Waals surface area (Å²) in [4.78, 5) is 24.6. The predicted octanol–water partition coefficient (Wildman–Crippen LogP) is 0.116. The molecule has 1 saturated heterocycles. The molecule has 1 aliphatic heterocycles. The van der Waals surface area contributed by atoms with E-state index >= 15 is 0 Å². The van der Waals surface area contributed by atoms with Gasteiger partial charge >= 0.3 is 6.09 Å². The van der Waals surface area contributed by atoms with Gasteiger partial charge in [0.2, 0.25) is 5.91 Å². The van der Waals surface area contributed by atoms with Crippen molar-refractivity contribution in [3.63, 3.8) is 0 Å². The molecule has 2 amide bonds. The first kappa shape index (κ1) is 13.4. The molecule has 102 valence electrons. The SMILES string of the molecule is O=C1NCCN(C(=O)OCc2ccccc2)[C@@H]1CO. The summed E-state index contributed by atoms with van der Waals surface area (Å²) in [5.41, 5.74) is 0.873. The van der Waals surface area contributed by atoms with E-state index in [9.17, 15) is 9.59 Å². The Hall–Kier alpha value is -2.08. The van der Waals surface area contributed by atoms with Crippen LogP contribution in [0.5, 0.6) is 0 Å². The number of rotatable bonds is 3. The number of hydrogen-bond donors (Lipinski definition) is 2. The van der Waals surface area contributed by atoms with Crippen molar-refractivity contribution < 1.29 is 19.4 Å². The van der Waals surface area contributed by atoms with Crippen LogP contribution in [0.25, 0.3) is 0 Å². The van der Waals surface area contributed by atoms with Gasteiger partial charge in [-0.25, -0.2) is 4.79 Å². The molecule has 0 unspecified atom stereocenters. The first-order chi connectivity index (χ1) is 9.22. The third-order valence-electron chi connectivity index (χ3n) is 2.94. The lowest BCUT2D eigenvalue weighted by Gasteiger charge is -2.32. The van der Waals surface area contributed by atoms with Crippen molar-refractivity contribution in [3.05, 3.63) is 35.9 Å². The second kappa shape index (κ2) is 6.19. The summed E-state index contributed by atoms with van der Waals surface area (Å²) in [5.74, 6) is -0.356. The van der Waals surface area contributed by atoms with E-state index in [1.807, 2.05) is 30.3 Å². The van der Waals surface area contributed by atoms with Crippen molar-refractivity contribution in [1.29, 1.82) is 0 Å². The number of carbonyl (C=O) groups is 2. The minimum atomic E-state index is -0.864. The lowest BCUT2D eigenvalue weighted by Crippen LogP contribution is -2.58. The molecule has 1 aliphatic rings. The Morgan fingerprint density at radius 2 is 2.16 bits per heavy atom. The maximum atomic E-state index is 11.9. The number of amides is 2. The highest BCUT2D eigenvalue weighted by Gasteiger charge is 2.33. The monoisotopic (exact) mass is 264 g/mol. The van der Waals surface area contributed by atoms with E-state index in [1.54, 1.807) is 0 Å². The number of aliphatic hydroxyl groups is 1. The standard InChI is InChI=1S/C13H16N2O4/c16-8-11-12(17)14-6-7-15(11)13(18)19-9-10-4-2-1-3-5-10/h1-5,11,16H,6-9H2,(H,14,17)/t11-/m1/s1. The Labute approximate surface area is 111 Å². The maximum absolute atomic E-state index is 11.9. The van der Waals surface area contributed by atoms with Crippen molar-refractivity contribution in [1.82, 2.24) is 10.2 Å². The van der Waals surface area contributed by atoms with Crippen LogP contribution in [0.15, 0.2) is 30.3 Å². The summed E-state index contributed by atoms with van der Waals surface area (Å²) in [6.07, 6.45) is -0.585. The third-order valence-corrected chi connectivity index (χ3v) is 2.94. The van der Waals surface area contributed by atoms with E-state index in [1.165, 1.54) is 4.90 Å². The van der Waals surface area contributed by atoms with Gasteiger partial charge in [0.1, 0.15) is 12.6 Å². The quantitative estimate of drug-likeness (QED) is 0.812. The van der Waals surface area contributed by atoms with Gasteiger partial charge in [-0.05, 0) is 5.56 Å². The minimum absolute atomic E-state index is 0.149. The molecule has 1 aromatic carbocycles. The summed E-state index contributed by atoms with van der Waals surface area (Å²) in [5, 5.41) is 11.7. The van der Waals surface area contributed by atoms with Gasteiger partial charge in [0.25, 0.3) is 0 Å². The van der Waals surface area contributed by atoms with Crippen LogP contribution >= 0.6 is 0 Å². The van der Waals surface area contributed by atoms with Crippen LogP contribution < -0.4 is 5.32 Å². The molecule has 2 N–H and O–H groups in total. The van der Waals surface area contributed by atoms with Crippen molar-refractivity contribution >= 4 is 12.0 Å². The highest BCUT2D eigenvalue weighted by atomic mass is 16.6. The Kier molecular flexibility index (Phi) is 4.35. The molecule has 0 bridgehead atoms. The van der Waals surface area contributed by atoms with Crippen LogP contribution in [0, 0.1) is 0 Å². The molecule has 6 heteroatoms. The molecule has 1 atom stereocenters. The summed E-state index contributed by atoms with van der Waals surface area (Å²) in [6.45, 7) is 0.447. The Morgan fingerprint density at radius 3 is 2.84 bits per heavy atom. The average molecular weight is 264 g/mol. The number of hydrogen-bond acceptors (Lipinski definition) is 4. The number of carbonyl (C=O) groups excluding carboxylic acids is 2. The molecule has 0 radical (unpaired) electrons. The number of nitrogens with one attached hydrogen (secondary N) is 1. The second-order valence-electron chi connectivity index (χ2n) is 4.22. The molecule has 0 saturated carbocycles. The van der Waals surface area contributed by atoms with Crippen molar-refractivity contribution in [3.8, 4) is 0 Å². The third kappa shape index (κ3) is 3.23. The van der Waals surface area contributed by atoms with Gasteiger partial charge in [-0.15, -0.1) is 0 Å². The summed E-state index contributed by atoms with van der Waals surface area (Å²) < 4.78 is 5.14. The highest BCUT2D eigenvalue weighted by Crippen LogP contribution is 2.08. The van der Waals surface area contributed by atoms with Crippen molar-refractivity contribution in [2.24, 2.45) is 0 Å². The number of aliphatic hydroxyl groups excluding tert-OH is 1. The summed E-state index contributed by atoms with van der Waals surface area (Å²) in [7, 11) is 0. The van der Waals surface area contributed by atoms with Gasteiger partial charge < -0.3 is 15.2 Å². The molecule has 0 aliphatic carbocycles. The first-order valence-electron chi connectivity index (χ1n) is 6.08. The number of piperazine rings is 1. The van der Waals surface area contributed by atoms with Gasteiger partial charge in [-0.1, -0.05) is 30.3 Å². The minimum Gasteiger partial charge on any atom is -0.445 e. The van der Waals surface area contributed by atoms with E-state index in [0.29, 0.717) is 13.1 Å². The zero-order chi connectivity index (χ0) is 13.7. The van der Waals surface area contributed by atoms with Crippen LogP contribution in [0.1, 0.15) is 5.56 Å². The smallest absolute Gasteiger partial charge is 0.410 e. The molecule has 0 aromatic heterocycles. The first-order valence-corrected chi connectivity index (χ1v) is 6.08. The Bertz CT molecular complexity index is 449. The van der Waals surface area contributed by atoms with E-state index in [0.717, 1.165) is 5.56 Å². The summed E-state index contributed by atoms with van der Waals surface area (Å²) >= 11 is 0. The molecule has 2 rings (SSSR count). The molecule has 1 fully saturated rings. The van der Waals surface area contributed by atoms with Gasteiger partial charge in [-0.3, -0.25) is 9.69 Å². The van der Waals surface area contributed by atoms with E-state index in [-0.39, 0.29) is 12.5 Å². The number of nitrogens with zero attached hydrogens (tertiary/aromatic N) is 1. The Balaban J connectivity index is 1.93. The molecule has 0 spiro atoms. The largest absolute Gasteiger partial charge is 0.445 e. The predicted molar refractivity (Wildman–Crippen MR) is 67.2 cm³/mol. The second-order valence-corrected chi connectivity index (χ2v) is 4.22. The lowest BCUT2D eigenvalue weighted by molar-refractivity contribution is -0.129.